The number of piperazine rings is 1. The number of nitrogens with zero attached hydrogens (tertiary/aromatic N) is 1. The van der Waals surface area contributed by atoms with Gasteiger partial charge in [0.25, 0.3) is 0 Å². The van der Waals surface area contributed by atoms with Gasteiger partial charge in [0.15, 0.2) is 0 Å². The Kier molecular flexibility index (Phi) is 4.08. The van der Waals surface area contributed by atoms with E-state index in [1.165, 1.54) is 5.56 Å². The largest absolute Gasteiger partial charge is 0.380 e. The van der Waals surface area contributed by atoms with Crippen LogP contribution >= 0.6 is 11.6 Å². The highest BCUT2D eigenvalue weighted by Gasteiger charge is 2.36. The first-order valence-electron chi connectivity index (χ1n) is 6.99. The molecule has 0 unspecified atom stereocenters. The lowest BCUT2D eigenvalue weighted by atomic mass is 10.0. The van der Waals surface area contributed by atoms with Gasteiger partial charge >= 0.3 is 0 Å². The summed E-state index contributed by atoms with van der Waals surface area (Å²) in [5.41, 5.74) is 1.35. The number of fused-ring (bicyclic) bond motifs is 1. The molecule has 2 saturated heterocycles. The van der Waals surface area contributed by atoms with Crippen LogP contribution in [0.3, 0.4) is 0 Å². The molecule has 2 aliphatic heterocycles. The number of methoxy groups -OCH3 is 1. The van der Waals surface area contributed by atoms with E-state index >= 15 is 0 Å². The molecule has 0 spiro atoms. The van der Waals surface area contributed by atoms with Gasteiger partial charge in [0.05, 0.1) is 6.10 Å². The maximum absolute atomic E-state index is 5.92. The van der Waals surface area contributed by atoms with Gasteiger partial charge < -0.3 is 10.1 Å². The van der Waals surface area contributed by atoms with Crippen LogP contribution in [0.2, 0.25) is 5.02 Å². The van der Waals surface area contributed by atoms with Crippen molar-refractivity contribution < 1.29 is 4.74 Å². The van der Waals surface area contributed by atoms with Crippen molar-refractivity contribution in [3.05, 3.63) is 34.9 Å². The molecule has 3 atom stereocenters. The molecule has 1 aromatic rings. The Bertz CT molecular complexity index is 423. The minimum atomic E-state index is 0.418. The van der Waals surface area contributed by atoms with E-state index in [0.717, 1.165) is 37.5 Å². The number of nitrogens with one attached hydrogen (secondary N) is 1. The third kappa shape index (κ3) is 3.11. The molecule has 0 radical (unpaired) electrons. The molecule has 4 heteroatoms. The summed E-state index contributed by atoms with van der Waals surface area (Å²) < 4.78 is 5.49. The molecule has 104 valence electrons. The molecular formula is C15H21ClN2O. The van der Waals surface area contributed by atoms with Gasteiger partial charge in [-0.05, 0) is 30.5 Å². The van der Waals surface area contributed by atoms with E-state index in [0.29, 0.717) is 18.2 Å². The Morgan fingerprint density at radius 1 is 1.32 bits per heavy atom. The molecule has 1 N–H and O–H groups in total. The Labute approximate surface area is 119 Å². The van der Waals surface area contributed by atoms with Gasteiger partial charge in [0.1, 0.15) is 0 Å². The summed E-state index contributed by atoms with van der Waals surface area (Å²) in [6, 6.07) is 9.38. The fourth-order valence-corrected chi connectivity index (χ4v) is 3.36. The fourth-order valence-electron chi connectivity index (χ4n) is 3.24. The van der Waals surface area contributed by atoms with Crippen LogP contribution < -0.4 is 5.32 Å². The van der Waals surface area contributed by atoms with Crippen molar-refractivity contribution in [2.24, 2.45) is 0 Å². The van der Waals surface area contributed by atoms with Gasteiger partial charge in [0.2, 0.25) is 0 Å². The molecule has 2 aliphatic rings. The second-order valence-corrected chi connectivity index (χ2v) is 6.07. The molecule has 2 fully saturated rings. The Morgan fingerprint density at radius 2 is 2.11 bits per heavy atom. The number of benzene rings is 1. The number of rotatable bonds is 3. The van der Waals surface area contributed by atoms with E-state index in [9.17, 15) is 0 Å². The predicted octanol–water partition coefficient (Wildman–Crippen LogP) is 1.94. The molecule has 0 aromatic heterocycles. The zero-order valence-corrected chi connectivity index (χ0v) is 12.1. The van der Waals surface area contributed by atoms with E-state index in [1.807, 2.05) is 19.2 Å². The molecule has 2 heterocycles. The van der Waals surface area contributed by atoms with Crippen LogP contribution in [0.15, 0.2) is 24.3 Å². The smallest absolute Gasteiger partial charge is 0.0713 e. The van der Waals surface area contributed by atoms with E-state index in [2.05, 4.69) is 22.3 Å². The first kappa shape index (κ1) is 13.4. The minimum absolute atomic E-state index is 0.418. The summed E-state index contributed by atoms with van der Waals surface area (Å²) in [5, 5.41) is 4.48. The summed E-state index contributed by atoms with van der Waals surface area (Å²) >= 11 is 5.92. The topological polar surface area (TPSA) is 24.5 Å². The highest BCUT2D eigenvalue weighted by atomic mass is 35.5. The van der Waals surface area contributed by atoms with Crippen LogP contribution in [0.25, 0.3) is 0 Å². The van der Waals surface area contributed by atoms with E-state index < -0.39 is 0 Å². The zero-order valence-electron chi connectivity index (χ0n) is 11.3. The van der Waals surface area contributed by atoms with Gasteiger partial charge in [-0.1, -0.05) is 23.7 Å². The van der Waals surface area contributed by atoms with Gasteiger partial charge in [-0.15, -0.1) is 0 Å². The van der Waals surface area contributed by atoms with Gasteiger partial charge in [-0.2, -0.15) is 0 Å². The highest BCUT2D eigenvalue weighted by molar-refractivity contribution is 6.30. The van der Waals surface area contributed by atoms with Crippen LogP contribution in [0.1, 0.15) is 12.0 Å². The van der Waals surface area contributed by atoms with Crippen molar-refractivity contribution in [1.29, 1.82) is 0 Å². The fraction of sp³-hybridized carbons (Fsp3) is 0.600. The van der Waals surface area contributed by atoms with Crippen LogP contribution in [-0.4, -0.2) is 49.8 Å². The Balaban J connectivity index is 1.58. The van der Waals surface area contributed by atoms with E-state index in [-0.39, 0.29) is 0 Å². The van der Waals surface area contributed by atoms with Crippen molar-refractivity contribution in [3.63, 3.8) is 0 Å². The molecule has 1 aromatic carbocycles. The van der Waals surface area contributed by atoms with E-state index in [1.54, 1.807) is 0 Å². The predicted molar refractivity (Wildman–Crippen MR) is 77.7 cm³/mol. The molecule has 0 amide bonds. The number of hydrogen-bond acceptors (Lipinski definition) is 3. The first-order valence-corrected chi connectivity index (χ1v) is 7.37. The van der Waals surface area contributed by atoms with Crippen molar-refractivity contribution >= 4 is 11.6 Å². The minimum Gasteiger partial charge on any atom is -0.380 e. The van der Waals surface area contributed by atoms with Crippen LogP contribution in [0, 0.1) is 0 Å². The standard InChI is InChI=1S/C15H21ClN2O/c1-19-15-7-14-8-17-13(9-18(14)10-15)6-11-2-4-12(16)5-3-11/h2-5,13-15,17H,6-10H2,1H3/t13-,14-,15+/m0/s1. The van der Waals surface area contributed by atoms with Crippen molar-refractivity contribution in [2.45, 2.75) is 31.0 Å². The number of halogens is 1. The average molecular weight is 281 g/mol. The van der Waals surface area contributed by atoms with Crippen molar-refractivity contribution in [2.75, 3.05) is 26.7 Å². The molecule has 0 saturated carbocycles. The average Bonchev–Trinajstić information content (AvgIpc) is 2.83. The van der Waals surface area contributed by atoms with Gasteiger partial charge in [0, 0.05) is 43.9 Å². The SMILES string of the molecule is CO[C@@H]1C[C@H]2CN[C@@H](Cc3ccc(Cl)cc3)CN2C1. The molecule has 0 bridgehead atoms. The molecule has 19 heavy (non-hydrogen) atoms. The number of ether oxygens (including phenoxy) is 1. The highest BCUT2D eigenvalue weighted by Crippen LogP contribution is 2.23. The maximum atomic E-state index is 5.92. The lowest BCUT2D eigenvalue weighted by Gasteiger charge is -2.35. The summed E-state index contributed by atoms with van der Waals surface area (Å²) in [6.45, 7) is 3.28. The Hall–Kier alpha value is -0.610. The van der Waals surface area contributed by atoms with Gasteiger partial charge in [-0.25, -0.2) is 0 Å². The lowest BCUT2D eigenvalue weighted by molar-refractivity contribution is 0.105. The van der Waals surface area contributed by atoms with Crippen LogP contribution in [0.5, 0.6) is 0 Å². The monoisotopic (exact) mass is 280 g/mol. The summed E-state index contributed by atoms with van der Waals surface area (Å²) in [4.78, 5) is 2.57. The second-order valence-electron chi connectivity index (χ2n) is 5.64. The third-order valence-electron chi connectivity index (χ3n) is 4.32. The molecule has 3 rings (SSSR count). The third-order valence-corrected chi connectivity index (χ3v) is 4.57. The second kappa shape index (κ2) is 5.80. The van der Waals surface area contributed by atoms with Crippen molar-refractivity contribution in [3.8, 4) is 0 Å². The quantitative estimate of drug-likeness (QED) is 0.916. The summed E-state index contributed by atoms with van der Waals surface area (Å²) in [5.74, 6) is 0. The summed E-state index contributed by atoms with van der Waals surface area (Å²) in [6.07, 6.45) is 2.65. The van der Waals surface area contributed by atoms with Gasteiger partial charge in [-0.3, -0.25) is 4.90 Å². The van der Waals surface area contributed by atoms with Crippen LogP contribution in [-0.2, 0) is 11.2 Å². The molecule has 0 aliphatic carbocycles. The molecular weight excluding hydrogens is 260 g/mol. The Morgan fingerprint density at radius 3 is 2.84 bits per heavy atom. The molecule has 3 nitrogen and oxygen atoms in total. The maximum Gasteiger partial charge on any atom is 0.0713 e. The normalized spacial score (nSPS) is 31.4. The first-order chi connectivity index (χ1) is 9.24. The van der Waals surface area contributed by atoms with Crippen molar-refractivity contribution in [1.82, 2.24) is 10.2 Å². The van der Waals surface area contributed by atoms with Crippen LogP contribution in [0.4, 0.5) is 0 Å². The summed E-state index contributed by atoms with van der Waals surface area (Å²) in [7, 11) is 1.82. The zero-order chi connectivity index (χ0) is 13.2. The number of hydrogen-bond donors (Lipinski definition) is 1. The lowest BCUT2D eigenvalue weighted by Crippen LogP contribution is -2.54. The van der Waals surface area contributed by atoms with E-state index in [4.69, 9.17) is 16.3 Å².